The van der Waals surface area contributed by atoms with Crippen LogP contribution in [0.2, 0.25) is 0 Å². The molecular weight excluding hydrogens is 266 g/mol. The number of benzene rings is 1. The summed E-state index contributed by atoms with van der Waals surface area (Å²) < 4.78 is 43.5. The van der Waals surface area contributed by atoms with Gasteiger partial charge in [0.1, 0.15) is 7.05 Å². The molecule has 114 valence electrons. The average molecular weight is 297 g/mol. The fourth-order valence-corrected chi connectivity index (χ4v) is 4.43. The highest BCUT2D eigenvalue weighted by Crippen LogP contribution is 2.65. The number of nitrogens with zero attached hydrogens (tertiary/aromatic N) is 1. The number of aromatic nitrogens is 1. The monoisotopic (exact) mass is 297 g/mol. The molecular formula is C21H26N+. The van der Waals surface area contributed by atoms with Crippen molar-refractivity contribution in [3.8, 4) is 11.3 Å². The molecule has 2 unspecified atom stereocenters. The van der Waals surface area contributed by atoms with Crippen molar-refractivity contribution < 1.29 is 11.4 Å². The van der Waals surface area contributed by atoms with Crippen molar-refractivity contribution in [2.24, 2.45) is 12.5 Å². The van der Waals surface area contributed by atoms with E-state index in [2.05, 4.69) is 0 Å². The summed E-state index contributed by atoms with van der Waals surface area (Å²) in [7, 11) is 1.96. The van der Waals surface area contributed by atoms with Gasteiger partial charge in [-0.3, -0.25) is 0 Å². The van der Waals surface area contributed by atoms with E-state index in [1.807, 2.05) is 50.7 Å². The van der Waals surface area contributed by atoms with Gasteiger partial charge >= 0.3 is 0 Å². The van der Waals surface area contributed by atoms with Gasteiger partial charge in [0.05, 0.1) is 0 Å². The van der Waals surface area contributed by atoms with E-state index in [1.165, 1.54) is 0 Å². The van der Waals surface area contributed by atoms with Crippen LogP contribution in [0.4, 0.5) is 0 Å². The van der Waals surface area contributed by atoms with E-state index >= 15 is 0 Å². The van der Waals surface area contributed by atoms with Crippen molar-refractivity contribution in [1.29, 1.82) is 0 Å². The quantitative estimate of drug-likeness (QED) is 0.666. The lowest BCUT2D eigenvalue weighted by Gasteiger charge is -2.24. The van der Waals surface area contributed by atoms with Crippen LogP contribution in [0.25, 0.3) is 11.3 Å². The zero-order valence-corrected chi connectivity index (χ0v) is 13.7. The van der Waals surface area contributed by atoms with Crippen molar-refractivity contribution in [1.82, 2.24) is 0 Å². The van der Waals surface area contributed by atoms with Gasteiger partial charge in [0.2, 0.25) is 5.69 Å². The van der Waals surface area contributed by atoms with Crippen LogP contribution in [0.3, 0.4) is 0 Å². The average Bonchev–Trinajstić information content (AvgIpc) is 2.82. The summed E-state index contributed by atoms with van der Waals surface area (Å²) in [5, 5.41) is 0. The highest BCUT2D eigenvalue weighted by Gasteiger charge is 2.54. The first-order valence-electron chi connectivity index (χ1n) is 10.5. The molecule has 1 nitrogen and oxygen atoms in total. The fourth-order valence-electron chi connectivity index (χ4n) is 4.43. The van der Waals surface area contributed by atoms with Gasteiger partial charge in [-0.2, -0.15) is 0 Å². The molecule has 1 heterocycles. The largest absolute Gasteiger partial charge is 0.216 e. The van der Waals surface area contributed by atoms with Gasteiger partial charge in [0.25, 0.3) is 0 Å². The molecule has 0 N–H and O–H groups in total. The molecule has 0 spiro atoms. The summed E-state index contributed by atoms with van der Waals surface area (Å²) in [5.74, 6) is -1.56. The maximum absolute atomic E-state index is 9.36. The molecule has 22 heavy (non-hydrogen) atoms. The van der Waals surface area contributed by atoms with E-state index < -0.39 is 24.1 Å². The Bertz CT molecular complexity index is 962. The predicted octanol–water partition coefficient (Wildman–Crippen LogP) is 4.80. The van der Waals surface area contributed by atoms with Gasteiger partial charge in [-0.25, -0.2) is 4.57 Å². The lowest BCUT2D eigenvalue weighted by molar-refractivity contribution is -0.660. The molecule has 1 saturated carbocycles. The predicted molar refractivity (Wildman–Crippen MR) is 91.0 cm³/mol. The molecule has 2 bridgehead atoms. The summed E-state index contributed by atoms with van der Waals surface area (Å²) in [6.07, 6.45) is 3.36. The van der Waals surface area contributed by atoms with Crippen molar-refractivity contribution >= 4 is 0 Å². The third kappa shape index (κ3) is 1.68. The smallest absolute Gasteiger partial charge is 0.201 e. The van der Waals surface area contributed by atoms with Gasteiger partial charge in [0, 0.05) is 24.0 Å². The lowest BCUT2D eigenvalue weighted by atomic mass is 9.79. The summed E-state index contributed by atoms with van der Waals surface area (Å²) in [6, 6.07) is 7.27. The minimum atomic E-state index is -2.13. The van der Waals surface area contributed by atoms with E-state index in [-0.39, 0.29) is 0 Å². The van der Waals surface area contributed by atoms with Gasteiger partial charge in [0.15, 0.2) is 6.20 Å². The molecule has 1 heteroatoms. The van der Waals surface area contributed by atoms with Crippen LogP contribution in [0.15, 0.2) is 30.5 Å². The summed E-state index contributed by atoms with van der Waals surface area (Å²) in [6.45, 7) is 3.89. The van der Waals surface area contributed by atoms with Crippen molar-refractivity contribution in [3.63, 3.8) is 0 Å². The topological polar surface area (TPSA) is 3.88 Å². The highest BCUT2D eigenvalue weighted by molar-refractivity contribution is 5.69. The SMILES string of the molecule is [2H]C([2H])([2H])c1ccc(-c2c3c(cc[n+]2C)C2([2H])CCC3([2H])C2(C)C)c(C)c1. The van der Waals surface area contributed by atoms with Crippen LogP contribution in [-0.2, 0) is 7.05 Å². The van der Waals surface area contributed by atoms with Crippen molar-refractivity contribution in [3.05, 3.63) is 52.7 Å². The number of fused-ring (bicyclic) bond motifs is 5. The van der Waals surface area contributed by atoms with E-state index in [1.54, 1.807) is 12.1 Å². The lowest BCUT2D eigenvalue weighted by Crippen LogP contribution is -2.33. The Kier molecular flexibility index (Phi) is 1.92. The minimum Gasteiger partial charge on any atom is -0.201 e. The van der Waals surface area contributed by atoms with E-state index in [9.17, 15) is 2.74 Å². The zero-order valence-electron chi connectivity index (χ0n) is 18.7. The maximum Gasteiger partial charge on any atom is 0.216 e. The zero-order chi connectivity index (χ0) is 20.0. The Labute approximate surface area is 141 Å². The second-order valence-electron chi connectivity index (χ2n) is 7.18. The molecule has 2 aromatic rings. The number of aryl methyl sites for hydroxylation is 3. The highest BCUT2D eigenvalue weighted by atomic mass is 14.9. The van der Waals surface area contributed by atoms with Crippen LogP contribution in [0.5, 0.6) is 0 Å². The minimum absolute atomic E-state index is 0.332. The second-order valence-corrected chi connectivity index (χ2v) is 7.18. The Balaban J connectivity index is 2.01. The Morgan fingerprint density at radius 1 is 1.23 bits per heavy atom. The van der Waals surface area contributed by atoms with E-state index in [4.69, 9.17) is 4.11 Å². The summed E-state index contributed by atoms with van der Waals surface area (Å²) >= 11 is 0. The molecule has 1 aromatic carbocycles. The molecule has 2 aliphatic rings. The van der Waals surface area contributed by atoms with Crippen molar-refractivity contribution in [2.45, 2.75) is 52.3 Å². The normalized spacial score (nSPS) is 35.2. The first-order valence-corrected chi connectivity index (χ1v) is 8.00. The van der Waals surface area contributed by atoms with E-state index in [0.717, 1.165) is 27.9 Å². The van der Waals surface area contributed by atoms with E-state index in [0.29, 0.717) is 18.4 Å². The van der Waals surface area contributed by atoms with Crippen LogP contribution in [0.1, 0.15) is 67.6 Å². The molecule has 0 amide bonds. The number of rotatable bonds is 1. The van der Waals surface area contributed by atoms with Gasteiger partial charge < -0.3 is 0 Å². The van der Waals surface area contributed by atoms with Crippen molar-refractivity contribution in [2.75, 3.05) is 0 Å². The second kappa shape index (κ2) is 4.44. The molecule has 1 fully saturated rings. The number of hydrogen-bond acceptors (Lipinski definition) is 0. The summed E-state index contributed by atoms with van der Waals surface area (Å²) in [4.78, 5) is 0. The number of pyridine rings is 1. The summed E-state index contributed by atoms with van der Waals surface area (Å²) in [5.41, 5.74) is 4.54. The molecule has 0 saturated heterocycles. The molecule has 2 aliphatic carbocycles. The third-order valence-electron chi connectivity index (χ3n) is 5.57. The van der Waals surface area contributed by atoms with Gasteiger partial charge in [-0.15, -0.1) is 0 Å². The Morgan fingerprint density at radius 2 is 2.00 bits per heavy atom. The molecule has 1 aromatic heterocycles. The Hall–Kier alpha value is -1.63. The first-order chi connectivity index (χ1) is 12.3. The molecule has 0 radical (unpaired) electrons. The van der Waals surface area contributed by atoms with Gasteiger partial charge in [-0.1, -0.05) is 31.5 Å². The third-order valence-corrected chi connectivity index (χ3v) is 5.57. The van der Waals surface area contributed by atoms with Gasteiger partial charge in [-0.05, 0) is 61.0 Å². The number of hydrogen-bond donors (Lipinski definition) is 0. The van der Waals surface area contributed by atoms with Crippen LogP contribution in [-0.4, -0.2) is 0 Å². The Morgan fingerprint density at radius 3 is 2.73 bits per heavy atom. The van der Waals surface area contributed by atoms with Crippen LogP contribution >= 0.6 is 0 Å². The maximum atomic E-state index is 9.36. The van der Waals surface area contributed by atoms with Crippen LogP contribution in [0, 0.1) is 19.2 Å². The van der Waals surface area contributed by atoms with Crippen LogP contribution < -0.4 is 4.57 Å². The molecule has 4 rings (SSSR count). The molecule has 0 aliphatic heterocycles. The fraction of sp³-hybridized carbons (Fsp3) is 0.476. The first kappa shape index (κ1) is 9.50. The standard InChI is InChI=1S/C21H26N/c1-13-6-7-15(14(2)12-13)20-19-16(10-11-22(20)5)17-8-9-18(19)21(17,3)4/h6-7,10-12,17-18H,8-9H2,1-5H3/q+1/i1D3,17D,18D. The molecule has 2 atom stereocenters.